The minimum absolute atomic E-state index is 0.738. The Morgan fingerprint density at radius 3 is 3.20 bits per heavy atom. The molecule has 0 saturated carbocycles. The second kappa shape index (κ2) is 1.70. The predicted octanol–water partition coefficient (Wildman–Crippen LogP) is -0.664. The number of aromatic nitrogens is 3. The van der Waals surface area contributed by atoms with Gasteiger partial charge in [-0.2, -0.15) is 0 Å². The monoisotopic (exact) mass is 135 g/mol. The fourth-order valence-corrected chi connectivity index (χ4v) is 0.901. The van der Waals surface area contributed by atoms with Gasteiger partial charge in [-0.15, -0.1) is 4.68 Å². The molecule has 0 bridgehead atoms. The number of fused-ring (bicyclic) bond motifs is 1. The summed E-state index contributed by atoms with van der Waals surface area (Å²) < 4.78 is 3.32. The van der Waals surface area contributed by atoms with Gasteiger partial charge in [-0.05, 0) is 0 Å². The van der Waals surface area contributed by atoms with Crippen LogP contribution in [0.1, 0.15) is 0 Å². The zero-order valence-electron chi connectivity index (χ0n) is 5.31. The normalized spacial score (nSPS) is 10.4. The van der Waals surface area contributed by atoms with Crippen molar-refractivity contribution in [3.63, 3.8) is 0 Å². The SMILES string of the molecule is Nn1cc[n+]2cccnc12. The van der Waals surface area contributed by atoms with Crippen LogP contribution in [0.15, 0.2) is 30.9 Å². The lowest BCUT2D eigenvalue weighted by atomic mass is 10.7. The molecule has 50 valence electrons. The highest BCUT2D eigenvalue weighted by molar-refractivity contribution is 5.16. The maximum absolute atomic E-state index is 5.51. The third kappa shape index (κ3) is 0.556. The average Bonchev–Trinajstić information content (AvgIpc) is 2.34. The standard InChI is InChI=1S/C6H7N4/c7-10-5-4-9-3-1-2-8-6(9)10/h1-5H,7H2/q+1. The lowest BCUT2D eigenvalue weighted by Crippen LogP contribution is -2.22. The Hall–Kier alpha value is -1.58. The highest BCUT2D eigenvalue weighted by atomic mass is 15.3. The summed E-state index contributed by atoms with van der Waals surface area (Å²) in [6, 6.07) is 1.85. The minimum atomic E-state index is 0.738. The van der Waals surface area contributed by atoms with Gasteiger partial charge in [0.25, 0.3) is 0 Å². The molecule has 2 heterocycles. The molecule has 0 atom stereocenters. The maximum Gasteiger partial charge on any atom is 0.424 e. The molecule has 0 aliphatic carbocycles. The molecule has 2 N–H and O–H groups in total. The summed E-state index contributed by atoms with van der Waals surface area (Å²) >= 11 is 0. The Balaban J connectivity index is 2.93. The van der Waals surface area contributed by atoms with Gasteiger partial charge in [-0.25, -0.2) is 4.40 Å². The number of nitrogens with zero attached hydrogens (tertiary/aromatic N) is 3. The van der Waals surface area contributed by atoms with Crippen molar-refractivity contribution in [2.45, 2.75) is 0 Å². The second-order valence-corrected chi connectivity index (χ2v) is 2.03. The van der Waals surface area contributed by atoms with Crippen LogP contribution in [0.3, 0.4) is 0 Å². The molecule has 2 aromatic heterocycles. The smallest absolute Gasteiger partial charge is 0.289 e. The van der Waals surface area contributed by atoms with E-state index in [9.17, 15) is 0 Å². The van der Waals surface area contributed by atoms with E-state index in [1.54, 1.807) is 12.4 Å². The van der Waals surface area contributed by atoms with Crippen LogP contribution in [-0.2, 0) is 0 Å². The summed E-state index contributed by atoms with van der Waals surface area (Å²) in [6.07, 6.45) is 7.20. The van der Waals surface area contributed by atoms with Crippen LogP contribution in [0, 0.1) is 0 Å². The Morgan fingerprint density at radius 2 is 2.40 bits per heavy atom. The Bertz CT molecular complexity index is 351. The molecule has 0 unspecified atom stereocenters. The van der Waals surface area contributed by atoms with E-state index in [0.717, 1.165) is 5.78 Å². The van der Waals surface area contributed by atoms with Gasteiger partial charge in [-0.3, -0.25) is 5.84 Å². The van der Waals surface area contributed by atoms with Gasteiger partial charge in [0, 0.05) is 6.07 Å². The number of imidazole rings is 1. The molecule has 4 nitrogen and oxygen atoms in total. The lowest BCUT2D eigenvalue weighted by molar-refractivity contribution is -0.513. The largest absolute Gasteiger partial charge is 0.424 e. The van der Waals surface area contributed by atoms with Gasteiger partial charge >= 0.3 is 5.78 Å². The zero-order chi connectivity index (χ0) is 6.97. The molecule has 0 radical (unpaired) electrons. The molecule has 0 aromatic carbocycles. The highest BCUT2D eigenvalue weighted by Gasteiger charge is 2.04. The van der Waals surface area contributed by atoms with Gasteiger partial charge in [0.2, 0.25) is 0 Å². The fourth-order valence-electron chi connectivity index (χ4n) is 0.901. The zero-order valence-corrected chi connectivity index (χ0v) is 5.31. The van der Waals surface area contributed by atoms with Gasteiger partial charge in [0.1, 0.15) is 18.6 Å². The van der Waals surface area contributed by atoms with E-state index >= 15 is 0 Å². The van der Waals surface area contributed by atoms with Crippen molar-refractivity contribution in [2.75, 3.05) is 5.84 Å². The highest BCUT2D eigenvalue weighted by Crippen LogP contribution is 1.85. The van der Waals surface area contributed by atoms with E-state index in [2.05, 4.69) is 4.98 Å². The molecule has 0 fully saturated rings. The molecule has 0 amide bonds. The van der Waals surface area contributed by atoms with Crippen LogP contribution >= 0.6 is 0 Å². The van der Waals surface area contributed by atoms with Crippen molar-refractivity contribution < 1.29 is 4.40 Å². The van der Waals surface area contributed by atoms with Gasteiger partial charge in [0.05, 0.1) is 6.20 Å². The molecule has 0 aliphatic rings. The third-order valence-electron chi connectivity index (χ3n) is 1.37. The van der Waals surface area contributed by atoms with Gasteiger partial charge in [0.15, 0.2) is 0 Å². The van der Waals surface area contributed by atoms with E-state index < -0.39 is 0 Å². The number of hydrogen-bond donors (Lipinski definition) is 1. The quantitative estimate of drug-likeness (QED) is 0.385. The Morgan fingerprint density at radius 1 is 1.50 bits per heavy atom. The average molecular weight is 135 g/mol. The lowest BCUT2D eigenvalue weighted by Gasteiger charge is -1.82. The Labute approximate surface area is 57.5 Å². The molecule has 0 spiro atoms. The molecule has 0 saturated heterocycles. The number of rotatable bonds is 0. The van der Waals surface area contributed by atoms with E-state index in [4.69, 9.17) is 5.84 Å². The predicted molar refractivity (Wildman–Crippen MR) is 35.5 cm³/mol. The molecule has 0 aliphatic heterocycles. The number of nitrogens with two attached hydrogens (primary N) is 1. The van der Waals surface area contributed by atoms with Crippen LogP contribution in [0.5, 0.6) is 0 Å². The summed E-state index contributed by atoms with van der Waals surface area (Å²) in [6.45, 7) is 0. The molecular weight excluding hydrogens is 128 g/mol. The topological polar surface area (TPSA) is 47.9 Å². The molecular formula is C6H7N4+. The van der Waals surface area contributed by atoms with Gasteiger partial charge < -0.3 is 0 Å². The minimum Gasteiger partial charge on any atom is -0.289 e. The third-order valence-corrected chi connectivity index (χ3v) is 1.37. The summed E-state index contributed by atoms with van der Waals surface area (Å²) in [4.78, 5) is 4.04. The first-order chi connectivity index (χ1) is 4.88. The molecule has 2 rings (SSSR count). The molecule has 2 aromatic rings. The summed E-state index contributed by atoms with van der Waals surface area (Å²) in [5.74, 6) is 6.25. The van der Waals surface area contributed by atoms with Crippen molar-refractivity contribution >= 4 is 5.78 Å². The van der Waals surface area contributed by atoms with Crippen molar-refractivity contribution in [2.24, 2.45) is 0 Å². The maximum atomic E-state index is 5.51. The summed E-state index contributed by atoms with van der Waals surface area (Å²) in [5, 5.41) is 0. The van der Waals surface area contributed by atoms with E-state index in [1.165, 1.54) is 4.68 Å². The van der Waals surface area contributed by atoms with Crippen molar-refractivity contribution in [1.29, 1.82) is 0 Å². The number of hydrogen-bond acceptors (Lipinski definition) is 2. The first kappa shape index (κ1) is 5.22. The van der Waals surface area contributed by atoms with Crippen molar-refractivity contribution in [3.8, 4) is 0 Å². The first-order valence-electron chi connectivity index (χ1n) is 2.96. The fraction of sp³-hybridized carbons (Fsp3) is 0. The van der Waals surface area contributed by atoms with Crippen LogP contribution < -0.4 is 10.2 Å². The first-order valence-corrected chi connectivity index (χ1v) is 2.96. The van der Waals surface area contributed by atoms with Crippen LogP contribution in [-0.4, -0.2) is 9.66 Å². The summed E-state index contributed by atoms with van der Waals surface area (Å²) in [7, 11) is 0. The van der Waals surface area contributed by atoms with Gasteiger partial charge in [-0.1, -0.05) is 4.98 Å². The van der Waals surface area contributed by atoms with Crippen molar-refractivity contribution in [1.82, 2.24) is 9.66 Å². The van der Waals surface area contributed by atoms with E-state index in [1.807, 2.05) is 22.9 Å². The van der Waals surface area contributed by atoms with Crippen LogP contribution in [0.2, 0.25) is 0 Å². The molecule has 10 heavy (non-hydrogen) atoms. The number of nitrogen functional groups attached to an aromatic ring is 1. The Kier molecular flexibility index (Phi) is 0.887. The second-order valence-electron chi connectivity index (χ2n) is 2.03. The van der Waals surface area contributed by atoms with Crippen LogP contribution in [0.4, 0.5) is 0 Å². The van der Waals surface area contributed by atoms with E-state index in [-0.39, 0.29) is 0 Å². The van der Waals surface area contributed by atoms with Crippen LogP contribution in [0.25, 0.3) is 5.78 Å². The van der Waals surface area contributed by atoms with E-state index in [0.29, 0.717) is 0 Å². The molecule has 4 heteroatoms. The van der Waals surface area contributed by atoms with Crippen molar-refractivity contribution in [3.05, 3.63) is 30.9 Å². The summed E-state index contributed by atoms with van der Waals surface area (Å²) in [5.41, 5.74) is 0.